The highest BCUT2D eigenvalue weighted by Gasteiger charge is 2.19. The fourth-order valence-electron chi connectivity index (χ4n) is 3.56. The molecule has 0 heterocycles. The molecule has 0 N–H and O–H groups in total. The van der Waals surface area contributed by atoms with Gasteiger partial charge in [0.2, 0.25) is 0 Å². The molecule has 0 unspecified atom stereocenters. The maximum atomic E-state index is 2.50. The van der Waals surface area contributed by atoms with Crippen LogP contribution in [-0.4, -0.2) is 0 Å². The van der Waals surface area contributed by atoms with Crippen LogP contribution in [0, 0.1) is 5.92 Å². The van der Waals surface area contributed by atoms with Gasteiger partial charge in [0, 0.05) is 0 Å². The predicted octanol–water partition coefficient (Wildman–Crippen LogP) is 6.05. The van der Waals surface area contributed by atoms with Crippen molar-refractivity contribution in [1.29, 1.82) is 0 Å². The summed E-state index contributed by atoms with van der Waals surface area (Å²) in [5, 5.41) is 0. The molecule has 0 bridgehead atoms. The Bertz CT molecular complexity index is 559. The van der Waals surface area contributed by atoms with E-state index in [2.05, 4.69) is 45.1 Å². The number of hydrogen-bond acceptors (Lipinski definition) is 0. The second-order valence-corrected chi connectivity index (χ2v) is 6.80. The summed E-state index contributed by atoms with van der Waals surface area (Å²) in [5.41, 5.74) is 9.58. The van der Waals surface area contributed by atoms with E-state index in [1.165, 1.54) is 38.5 Å². The van der Waals surface area contributed by atoms with Gasteiger partial charge in [-0.3, -0.25) is 0 Å². The first-order valence-corrected chi connectivity index (χ1v) is 8.13. The van der Waals surface area contributed by atoms with E-state index in [0.717, 1.165) is 0 Å². The van der Waals surface area contributed by atoms with Crippen LogP contribution >= 0.6 is 0 Å². The van der Waals surface area contributed by atoms with Gasteiger partial charge in [0.1, 0.15) is 0 Å². The summed E-state index contributed by atoms with van der Waals surface area (Å²) in [7, 11) is 0. The van der Waals surface area contributed by atoms with Crippen molar-refractivity contribution in [2.45, 2.75) is 59.3 Å². The highest BCUT2D eigenvalue weighted by Crippen LogP contribution is 2.38. The van der Waals surface area contributed by atoms with Crippen molar-refractivity contribution in [2.24, 2.45) is 5.92 Å². The fraction of sp³-hybridized carbons (Fsp3) is 0.500. The molecule has 106 valence electrons. The average molecular weight is 266 g/mol. The number of allylic oxidation sites excluding steroid dienone is 10. The molecule has 0 heteroatoms. The van der Waals surface area contributed by atoms with Crippen molar-refractivity contribution in [2.75, 3.05) is 0 Å². The minimum Gasteiger partial charge on any atom is -0.0727 e. The molecule has 3 aliphatic rings. The molecule has 0 aromatic rings. The lowest BCUT2D eigenvalue weighted by Gasteiger charge is -2.25. The molecule has 0 nitrogen and oxygen atoms in total. The van der Waals surface area contributed by atoms with Gasteiger partial charge in [-0.05, 0) is 73.7 Å². The van der Waals surface area contributed by atoms with Crippen molar-refractivity contribution in [3.63, 3.8) is 0 Å². The summed E-state index contributed by atoms with van der Waals surface area (Å²) < 4.78 is 0. The quantitative estimate of drug-likeness (QED) is 0.571. The first-order chi connectivity index (χ1) is 9.63. The zero-order valence-electron chi connectivity index (χ0n) is 13.1. The van der Waals surface area contributed by atoms with Crippen LogP contribution in [0.4, 0.5) is 0 Å². The Kier molecular flexibility index (Phi) is 3.83. The van der Waals surface area contributed by atoms with Gasteiger partial charge in [-0.25, -0.2) is 0 Å². The van der Waals surface area contributed by atoms with Crippen LogP contribution in [0.5, 0.6) is 0 Å². The van der Waals surface area contributed by atoms with Gasteiger partial charge in [0.05, 0.1) is 0 Å². The van der Waals surface area contributed by atoms with Crippen molar-refractivity contribution >= 4 is 0 Å². The monoisotopic (exact) mass is 266 g/mol. The molecule has 20 heavy (non-hydrogen) atoms. The molecule has 0 saturated heterocycles. The van der Waals surface area contributed by atoms with Gasteiger partial charge in [-0.2, -0.15) is 0 Å². The molecule has 3 aliphatic carbocycles. The maximum Gasteiger partial charge on any atom is -0.0235 e. The Hall–Kier alpha value is -1.30. The normalized spacial score (nSPS) is 23.0. The van der Waals surface area contributed by atoms with E-state index in [-0.39, 0.29) is 0 Å². The summed E-state index contributed by atoms with van der Waals surface area (Å²) in [6, 6.07) is 0. The van der Waals surface area contributed by atoms with Crippen molar-refractivity contribution in [3.05, 3.63) is 57.7 Å². The second kappa shape index (κ2) is 5.60. The highest BCUT2D eigenvalue weighted by molar-refractivity contribution is 5.49. The van der Waals surface area contributed by atoms with E-state index in [1.54, 1.807) is 33.4 Å². The van der Waals surface area contributed by atoms with Crippen molar-refractivity contribution in [1.82, 2.24) is 0 Å². The standard InChI is InChI=1S/C20H26/c1-14(2)16-6-8-17(9-7-16)19-11-10-18-12-15(3)4-5-20(18)13-19/h6,8,12-14H,4-5,7,9-11H2,1-3H3. The Morgan fingerprint density at radius 3 is 2.15 bits per heavy atom. The average Bonchev–Trinajstić information content (AvgIpc) is 2.47. The van der Waals surface area contributed by atoms with E-state index in [9.17, 15) is 0 Å². The van der Waals surface area contributed by atoms with Gasteiger partial charge in [0.15, 0.2) is 0 Å². The van der Waals surface area contributed by atoms with Gasteiger partial charge >= 0.3 is 0 Å². The lowest BCUT2D eigenvalue weighted by molar-refractivity contribution is 0.697. The lowest BCUT2D eigenvalue weighted by Crippen LogP contribution is -2.07. The first kappa shape index (κ1) is 13.7. The Labute approximate surface area is 123 Å². The zero-order valence-corrected chi connectivity index (χ0v) is 13.1. The van der Waals surface area contributed by atoms with Crippen LogP contribution in [0.15, 0.2) is 57.7 Å². The molecule has 0 atom stereocenters. The van der Waals surface area contributed by atoms with Gasteiger partial charge in [-0.1, -0.05) is 49.3 Å². The molecule has 0 amide bonds. The summed E-state index contributed by atoms with van der Waals surface area (Å²) in [4.78, 5) is 0. The van der Waals surface area contributed by atoms with Crippen LogP contribution in [0.25, 0.3) is 0 Å². The van der Waals surface area contributed by atoms with Gasteiger partial charge in [0.25, 0.3) is 0 Å². The Morgan fingerprint density at radius 1 is 0.750 bits per heavy atom. The largest absolute Gasteiger partial charge is 0.0727 e. The summed E-state index contributed by atoms with van der Waals surface area (Å²) in [5.74, 6) is 0.703. The van der Waals surface area contributed by atoms with Crippen LogP contribution in [-0.2, 0) is 0 Å². The van der Waals surface area contributed by atoms with Crippen LogP contribution < -0.4 is 0 Å². The highest BCUT2D eigenvalue weighted by atomic mass is 14.2. The topological polar surface area (TPSA) is 0 Å². The number of hydrogen-bond donors (Lipinski definition) is 0. The van der Waals surface area contributed by atoms with Crippen LogP contribution in [0.3, 0.4) is 0 Å². The van der Waals surface area contributed by atoms with E-state index >= 15 is 0 Å². The summed E-state index contributed by atoms with van der Waals surface area (Å²) in [6.45, 7) is 6.88. The van der Waals surface area contributed by atoms with E-state index in [0.29, 0.717) is 5.92 Å². The zero-order chi connectivity index (χ0) is 14.1. The van der Waals surface area contributed by atoms with E-state index in [4.69, 9.17) is 0 Å². The molecule has 0 fully saturated rings. The minimum atomic E-state index is 0.703. The molecule has 0 aliphatic heterocycles. The van der Waals surface area contributed by atoms with E-state index < -0.39 is 0 Å². The SMILES string of the molecule is CC1=CC2=C(C=C(C3=CC=C(C(C)C)CC3)CC2)CC1. The third-order valence-corrected chi connectivity index (χ3v) is 4.97. The van der Waals surface area contributed by atoms with Crippen LogP contribution in [0.2, 0.25) is 0 Å². The Balaban J connectivity index is 1.83. The predicted molar refractivity (Wildman–Crippen MR) is 87.6 cm³/mol. The molecule has 0 spiro atoms. The van der Waals surface area contributed by atoms with E-state index in [1.807, 2.05) is 0 Å². The van der Waals surface area contributed by atoms with Crippen molar-refractivity contribution < 1.29 is 0 Å². The molecule has 0 radical (unpaired) electrons. The Morgan fingerprint density at radius 2 is 1.45 bits per heavy atom. The first-order valence-electron chi connectivity index (χ1n) is 8.13. The third kappa shape index (κ3) is 2.75. The summed E-state index contributed by atoms with van der Waals surface area (Å²) in [6.07, 6.45) is 17.2. The van der Waals surface area contributed by atoms with Gasteiger partial charge < -0.3 is 0 Å². The smallest absolute Gasteiger partial charge is 0.0235 e. The maximum absolute atomic E-state index is 2.50. The molecule has 0 saturated carbocycles. The molecule has 0 aromatic heterocycles. The third-order valence-electron chi connectivity index (χ3n) is 4.97. The van der Waals surface area contributed by atoms with Crippen molar-refractivity contribution in [3.8, 4) is 0 Å². The number of rotatable bonds is 2. The molecular formula is C20H26. The molecule has 0 aromatic carbocycles. The van der Waals surface area contributed by atoms with Gasteiger partial charge in [-0.15, -0.1) is 0 Å². The lowest BCUT2D eigenvalue weighted by atomic mass is 9.80. The minimum absolute atomic E-state index is 0.703. The fourth-order valence-corrected chi connectivity index (χ4v) is 3.56. The van der Waals surface area contributed by atoms with Crippen LogP contribution in [0.1, 0.15) is 59.3 Å². The second-order valence-electron chi connectivity index (χ2n) is 6.80. The molecule has 3 rings (SSSR count). The summed E-state index contributed by atoms with van der Waals surface area (Å²) >= 11 is 0. The molecular weight excluding hydrogens is 240 g/mol.